The van der Waals surface area contributed by atoms with Crippen LogP contribution >= 0.6 is 0 Å². The Morgan fingerprint density at radius 3 is 1.83 bits per heavy atom. The molecule has 1 heterocycles. The van der Waals surface area contributed by atoms with Crippen molar-refractivity contribution >= 4 is 34.0 Å². The third-order valence-corrected chi connectivity index (χ3v) is 5.54. The Morgan fingerprint density at radius 1 is 0.552 bits per heavy atom. The minimum atomic E-state index is 1.12. The van der Waals surface area contributed by atoms with Gasteiger partial charge in [-0.3, -0.25) is 0 Å². The zero-order chi connectivity index (χ0) is 19.8. The Hall–Kier alpha value is -3.84. The van der Waals surface area contributed by atoms with E-state index in [0.717, 1.165) is 16.8 Å². The van der Waals surface area contributed by atoms with Crippen molar-refractivity contribution in [2.45, 2.75) is 0 Å². The van der Waals surface area contributed by atoms with E-state index >= 15 is 0 Å². The normalized spacial score (nSPS) is 11.0. The number of rotatable bonds is 4. The topological polar surface area (TPSA) is 4.93 Å². The maximum Gasteiger partial charge on any atom is 0.0541 e. The van der Waals surface area contributed by atoms with Crippen molar-refractivity contribution in [2.24, 2.45) is 0 Å². The van der Waals surface area contributed by atoms with E-state index in [1.54, 1.807) is 0 Å². The molecule has 0 radical (unpaired) electrons. The van der Waals surface area contributed by atoms with Crippen LogP contribution in [0.3, 0.4) is 0 Å². The molecule has 29 heavy (non-hydrogen) atoms. The lowest BCUT2D eigenvalue weighted by atomic mass is 10.0. The molecular weight excluding hydrogens is 350 g/mol. The van der Waals surface area contributed by atoms with Gasteiger partial charge in [-0.2, -0.15) is 0 Å². The second-order valence-corrected chi connectivity index (χ2v) is 7.21. The third-order valence-electron chi connectivity index (χ3n) is 5.54. The molecule has 0 saturated heterocycles. The van der Waals surface area contributed by atoms with Gasteiger partial charge in [0.05, 0.1) is 11.0 Å². The Kier molecular flexibility index (Phi) is 4.14. The fraction of sp³-hybridized carbons (Fsp3) is 0. The molecule has 0 spiro atoms. The molecule has 5 aromatic rings. The molecule has 1 heteroatoms. The van der Waals surface area contributed by atoms with Crippen molar-refractivity contribution in [2.75, 3.05) is 0 Å². The van der Waals surface area contributed by atoms with Crippen LogP contribution in [0.15, 0.2) is 104 Å². The van der Waals surface area contributed by atoms with Crippen molar-refractivity contribution in [1.82, 2.24) is 4.57 Å². The molecule has 0 atom stereocenters. The van der Waals surface area contributed by atoms with Crippen molar-refractivity contribution in [3.8, 4) is 16.8 Å². The van der Waals surface area contributed by atoms with Crippen LogP contribution in [0.2, 0.25) is 0 Å². The summed E-state index contributed by atoms with van der Waals surface area (Å²) in [6, 6.07) is 32.4. The van der Waals surface area contributed by atoms with Crippen LogP contribution in [0.1, 0.15) is 11.1 Å². The highest BCUT2D eigenvalue weighted by atomic mass is 15.0. The summed E-state index contributed by atoms with van der Waals surface area (Å²) in [4.78, 5) is 0. The Balaban J connectivity index is 1.75. The van der Waals surface area contributed by atoms with E-state index in [1.165, 1.54) is 32.9 Å². The SMILES string of the molecule is C=Cc1ccc(-c2ccc3c(c2)c2ccccc2n3-c2ccc(C=C)cc2)cc1. The fourth-order valence-electron chi connectivity index (χ4n) is 4.00. The summed E-state index contributed by atoms with van der Waals surface area (Å²) in [5.74, 6) is 0. The molecule has 0 N–H and O–H groups in total. The molecule has 5 rings (SSSR count). The summed E-state index contributed by atoms with van der Waals surface area (Å²) in [6.45, 7) is 7.70. The summed E-state index contributed by atoms with van der Waals surface area (Å²) in [7, 11) is 0. The highest BCUT2D eigenvalue weighted by Crippen LogP contribution is 2.35. The monoisotopic (exact) mass is 371 g/mol. The Morgan fingerprint density at radius 2 is 1.14 bits per heavy atom. The van der Waals surface area contributed by atoms with Crippen molar-refractivity contribution < 1.29 is 0 Å². The standard InChI is InChI=1S/C28H21N/c1-3-20-9-13-22(14-10-20)23-15-18-28-26(19-23)25-7-5-6-8-27(25)29(28)24-16-11-21(4-2)12-17-24/h3-19H,1-2H2. The third kappa shape index (κ3) is 2.88. The molecule has 0 unspecified atom stereocenters. The van der Waals surface area contributed by atoms with E-state index in [1.807, 2.05) is 12.2 Å². The van der Waals surface area contributed by atoms with Crippen LogP contribution in [0.25, 0.3) is 50.8 Å². The zero-order valence-electron chi connectivity index (χ0n) is 16.2. The summed E-state index contributed by atoms with van der Waals surface area (Å²) >= 11 is 0. The van der Waals surface area contributed by atoms with Gasteiger partial charge in [0.25, 0.3) is 0 Å². The molecule has 0 aliphatic rings. The number of nitrogens with zero attached hydrogens (tertiary/aromatic N) is 1. The van der Waals surface area contributed by atoms with Gasteiger partial charge in [-0.25, -0.2) is 0 Å². The molecule has 1 nitrogen and oxygen atoms in total. The first-order valence-electron chi connectivity index (χ1n) is 9.77. The maximum absolute atomic E-state index is 3.86. The Labute approximate surface area is 170 Å². The molecule has 4 aromatic carbocycles. The molecule has 0 aliphatic heterocycles. The average molecular weight is 371 g/mol. The molecule has 0 fully saturated rings. The molecule has 0 aliphatic carbocycles. The van der Waals surface area contributed by atoms with Gasteiger partial charge >= 0.3 is 0 Å². The maximum atomic E-state index is 3.86. The number of hydrogen-bond donors (Lipinski definition) is 0. The smallest absolute Gasteiger partial charge is 0.0541 e. The lowest BCUT2D eigenvalue weighted by molar-refractivity contribution is 1.18. The van der Waals surface area contributed by atoms with E-state index in [9.17, 15) is 0 Å². The van der Waals surface area contributed by atoms with Crippen LogP contribution in [0.5, 0.6) is 0 Å². The van der Waals surface area contributed by atoms with E-state index in [2.05, 4.69) is 109 Å². The first-order chi connectivity index (χ1) is 14.3. The van der Waals surface area contributed by atoms with E-state index < -0.39 is 0 Å². The molecule has 0 amide bonds. The number of hydrogen-bond acceptors (Lipinski definition) is 0. The predicted molar refractivity (Wildman–Crippen MR) is 126 cm³/mol. The highest BCUT2D eigenvalue weighted by molar-refractivity contribution is 6.10. The first-order valence-corrected chi connectivity index (χ1v) is 9.77. The lowest BCUT2D eigenvalue weighted by Crippen LogP contribution is -1.93. The average Bonchev–Trinajstić information content (AvgIpc) is 3.13. The Bertz CT molecular complexity index is 1350. The van der Waals surface area contributed by atoms with Gasteiger partial charge in [-0.1, -0.05) is 86.0 Å². The molecule has 0 saturated carbocycles. The lowest BCUT2D eigenvalue weighted by Gasteiger charge is -2.09. The quantitative estimate of drug-likeness (QED) is 0.304. The largest absolute Gasteiger partial charge is 0.309 e. The van der Waals surface area contributed by atoms with Crippen molar-refractivity contribution in [1.29, 1.82) is 0 Å². The zero-order valence-corrected chi connectivity index (χ0v) is 16.2. The summed E-state index contributed by atoms with van der Waals surface area (Å²) in [6.07, 6.45) is 3.75. The van der Waals surface area contributed by atoms with Crippen LogP contribution < -0.4 is 0 Å². The minimum absolute atomic E-state index is 1.12. The summed E-state index contributed by atoms with van der Waals surface area (Å²) in [5, 5.41) is 2.53. The van der Waals surface area contributed by atoms with Crippen molar-refractivity contribution in [3.05, 3.63) is 115 Å². The molecule has 1 aromatic heterocycles. The van der Waals surface area contributed by atoms with Crippen LogP contribution in [0.4, 0.5) is 0 Å². The number of para-hydroxylation sites is 1. The second kappa shape index (κ2) is 6.96. The van der Waals surface area contributed by atoms with Gasteiger partial charge in [0.2, 0.25) is 0 Å². The van der Waals surface area contributed by atoms with Gasteiger partial charge < -0.3 is 4.57 Å². The van der Waals surface area contributed by atoms with Gasteiger partial charge in [0, 0.05) is 16.5 Å². The van der Waals surface area contributed by atoms with E-state index in [4.69, 9.17) is 0 Å². The van der Waals surface area contributed by atoms with Crippen LogP contribution in [-0.4, -0.2) is 4.57 Å². The van der Waals surface area contributed by atoms with Gasteiger partial charge in [-0.05, 0) is 52.6 Å². The molecular formula is C28H21N. The van der Waals surface area contributed by atoms with Crippen LogP contribution in [0, 0.1) is 0 Å². The number of aromatic nitrogens is 1. The van der Waals surface area contributed by atoms with E-state index in [-0.39, 0.29) is 0 Å². The van der Waals surface area contributed by atoms with Gasteiger partial charge in [-0.15, -0.1) is 0 Å². The van der Waals surface area contributed by atoms with Gasteiger partial charge in [0.1, 0.15) is 0 Å². The number of benzene rings is 4. The summed E-state index contributed by atoms with van der Waals surface area (Å²) in [5.41, 5.74) is 8.28. The predicted octanol–water partition coefficient (Wildman–Crippen LogP) is 7.74. The number of fused-ring (bicyclic) bond motifs is 3. The van der Waals surface area contributed by atoms with Gasteiger partial charge in [0.15, 0.2) is 0 Å². The molecule has 0 bridgehead atoms. The van der Waals surface area contributed by atoms with Crippen molar-refractivity contribution in [3.63, 3.8) is 0 Å². The second-order valence-electron chi connectivity index (χ2n) is 7.21. The molecule has 138 valence electrons. The highest BCUT2D eigenvalue weighted by Gasteiger charge is 2.12. The fourth-order valence-corrected chi connectivity index (χ4v) is 4.00. The first kappa shape index (κ1) is 17.3. The minimum Gasteiger partial charge on any atom is -0.309 e. The van der Waals surface area contributed by atoms with E-state index in [0.29, 0.717) is 0 Å². The summed E-state index contributed by atoms with van der Waals surface area (Å²) < 4.78 is 2.34. The van der Waals surface area contributed by atoms with Crippen LogP contribution in [-0.2, 0) is 0 Å².